The van der Waals surface area contributed by atoms with Gasteiger partial charge in [0.1, 0.15) is 5.76 Å². The Morgan fingerprint density at radius 3 is 2.00 bits per heavy atom. The molecule has 0 saturated carbocycles. The molecule has 0 aromatic heterocycles. The Balaban J connectivity index is 4.79. The van der Waals surface area contributed by atoms with E-state index >= 15 is 0 Å². The summed E-state index contributed by atoms with van der Waals surface area (Å²) in [7, 11) is 0. The molecule has 0 rings (SSSR count). The fraction of sp³-hybridized carbons (Fsp3) is 0.500. The summed E-state index contributed by atoms with van der Waals surface area (Å²) < 4.78 is 9.96. The van der Waals surface area contributed by atoms with Crippen LogP contribution in [0.25, 0.3) is 0 Å². The maximum atomic E-state index is 11.2. The average Bonchev–Trinajstić information content (AvgIpc) is 2.17. The van der Waals surface area contributed by atoms with Gasteiger partial charge in [0.15, 0.2) is 5.78 Å². The Morgan fingerprint density at radius 1 is 1.00 bits per heavy atom. The van der Waals surface area contributed by atoms with E-state index in [0.717, 1.165) is 0 Å². The topological polar surface area (TPSA) is 52.6 Å². The van der Waals surface area contributed by atoms with Gasteiger partial charge in [0.2, 0.25) is 0 Å². The van der Waals surface area contributed by atoms with E-state index in [-0.39, 0.29) is 5.78 Å². The smallest absolute Gasteiger partial charge is 0.334 e. The van der Waals surface area contributed by atoms with Crippen LogP contribution in [0.5, 0.6) is 0 Å². The Labute approximate surface area is 95.9 Å². The van der Waals surface area contributed by atoms with E-state index in [1.54, 1.807) is 20.8 Å². The lowest BCUT2D eigenvalue weighted by molar-refractivity contribution is -0.137. The SMILES string of the molecule is CCOC(=O)/C=C(\C=C(\C)C(C)=O)OCC. The molecule has 0 spiro atoms. The van der Waals surface area contributed by atoms with Gasteiger partial charge in [-0.25, -0.2) is 4.79 Å². The van der Waals surface area contributed by atoms with Gasteiger partial charge in [-0.2, -0.15) is 0 Å². The zero-order valence-electron chi connectivity index (χ0n) is 10.2. The lowest BCUT2D eigenvalue weighted by atomic mass is 10.2. The highest BCUT2D eigenvalue weighted by Crippen LogP contribution is 2.06. The Hall–Kier alpha value is -1.58. The van der Waals surface area contributed by atoms with E-state index in [1.807, 2.05) is 0 Å². The number of allylic oxidation sites excluding steroid dienone is 2. The van der Waals surface area contributed by atoms with Gasteiger partial charge >= 0.3 is 5.97 Å². The van der Waals surface area contributed by atoms with E-state index in [9.17, 15) is 9.59 Å². The molecule has 4 heteroatoms. The molecule has 0 saturated heterocycles. The van der Waals surface area contributed by atoms with Crippen LogP contribution in [-0.4, -0.2) is 25.0 Å². The number of carbonyl (C=O) groups is 2. The van der Waals surface area contributed by atoms with Crippen molar-refractivity contribution in [2.75, 3.05) is 13.2 Å². The van der Waals surface area contributed by atoms with E-state index in [1.165, 1.54) is 19.1 Å². The Bertz CT molecular complexity index is 313. The lowest BCUT2D eigenvalue weighted by Gasteiger charge is -2.05. The normalized spacial score (nSPS) is 12.2. The summed E-state index contributed by atoms with van der Waals surface area (Å²) in [5, 5.41) is 0. The predicted molar refractivity (Wildman–Crippen MR) is 60.8 cm³/mol. The van der Waals surface area contributed by atoms with Gasteiger partial charge in [-0.3, -0.25) is 4.79 Å². The second kappa shape index (κ2) is 7.68. The molecule has 0 N–H and O–H groups in total. The van der Waals surface area contributed by atoms with Crippen LogP contribution < -0.4 is 0 Å². The minimum Gasteiger partial charge on any atom is -0.494 e. The van der Waals surface area contributed by atoms with E-state index in [0.29, 0.717) is 24.5 Å². The van der Waals surface area contributed by atoms with Crippen molar-refractivity contribution in [3.63, 3.8) is 0 Å². The van der Waals surface area contributed by atoms with Crippen LogP contribution in [0.2, 0.25) is 0 Å². The second-order valence-corrected chi connectivity index (χ2v) is 3.12. The van der Waals surface area contributed by atoms with Crippen molar-refractivity contribution < 1.29 is 19.1 Å². The van der Waals surface area contributed by atoms with Crippen LogP contribution in [0.3, 0.4) is 0 Å². The first-order chi connectivity index (χ1) is 7.51. The molecule has 0 fully saturated rings. The van der Waals surface area contributed by atoms with Crippen molar-refractivity contribution in [1.82, 2.24) is 0 Å². The number of rotatable bonds is 6. The molecule has 0 aromatic rings. The number of Topliss-reactive ketones (excluding diaryl/α,β-unsaturated/α-hetero) is 1. The maximum Gasteiger partial charge on any atom is 0.334 e. The van der Waals surface area contributed by atoms with Crippen LogP contribution in [-0.2, 0) is 19.1 Å². The molecule has 0 aromatic carbocycles. The average molecular weight is 226 g/mol. The first-order valence-corrected chi connectivity index (χ1v) is 5.21. The van der Waals surface area contributed by atoms with Gasteiger partial charge in [-0.15, -0.1) is 0 Å². The number of hydrogen-bond donors (Lipinski definition) is 0. The first-order valence-electron chi connectivity index (χ1n) is 5.21. The van der Waals surface area contributed by atoms with Crippen molar-refractivity contribution >= 4 is 11.8 Å². The fourth-order valence-electron chi connectivity index (χ4n) is 0.907. The molecule has 4 nitrogen and oxygen atoms in total. The second-order valence-electron chi connectivity index (χ2n) is 3.12. The number of esters is 1. The molecule has 0 atom stereocenters. The van der Waals surface area contributed by atoms with Crippen molar-refractivity contribution in [2.24, 2.45) is 0 Å². The largest absolute Gasteiger partial charge is 0.494 e. The molecular formula is C12H18O4. The zero-order valence-corrected chi connectivity index (χ0v) is 10.2. The standard InChI is InChI=1S/C12H18O4/c1-5-15-11(7-9(3)10(4)13)8-12(14)16-6-2/h7-8H,5-6H2,1-4H3/b9-7-,11-8+. The Kier molecular flexibility index (Phi) is 6.92. The van der Waals surface area contributed by atoms with Crippen molar-refractivity contribution in [3.05, 3.63) is 23.5 Å². The molecule has 0 aliphatic rings. The van der Waals surface area contributed by atoms with Gasteiger partial charge < -0.3 is 9.47 Å². The minimum absolute atomic E-state index is 0.0607. The van der Waals surface area contributed by atoms with Crippen LogP contribution in [0.15, 0.2) is 23.5 Å². The molecule has 0 aliphatic heterocycles. The summed E-state index contributed by atoms with van der Waals surface area (Å²) in [5.41, 5.74) is 0.531. The van der Waals surface area contributed by atoms with Crippen molar-refractivity contribution in [1.29, 1.82) is 0 Å². The number of ketones is 1. The van der Waals surface area contributed by atoms with E-state index in [2.05, 4.69) is 0 Å². The van der Waals surface area contributed by atoms with Gasteiger partial charge in [0, 0.05) is 0 Å². The third kappa shape index (κ3) is 6.01. The molecular weight excluding hydrogens is 208 g/mol. The molecule has 0 radical (unpaired) electrons. The van der Waals surface area contributed by atoms with Crippen LogP contribution in [0.4, 0.5) is 0 Å². The molecule has 16 heavy (non-hydrogen) atoms. The summed E-state index contributed by atoms with van der Waals surface area (Å²) in [6.45, 7) is 7.38. The van der Waals surface area contributed by atoms with Crippen LogP contribution >= 0.6 is 0 Å². The first kappa shape index (κ1) is 14.4. The maximum absolute atomic E-state index is 11.2. The van der Waals surface area contributed by atoms with Gasteiger partial charge in [0.05, 0.1) is 19.3 Å². The van der Waals surface area contributed by atoms with Crippen molar-refractivity contribution in [2.45, 2.75) is 27.7 Å². The summed E-state index contributed by atoms with van der Waals surface area (Å²) in [4.78, 5) is 22.2. The summed E-state index contributed by atoms with van der Waals surface area (Å²) in [6, 6.07) is 0. The zero-order chi connectivity index (χ0) is 12.6. The van der Waals surface area contributed by atoms with Crippen LogP contribution in [0, 0.1) is 0 Å². The summed E-state index contributed by atoms with van der Waals surface area (Å²) in [6.07, 6.45) is 2.77. The van der Waals surface area contributed by atoms with E-state index < -0.39 is 5.97 Å². The minimum atomic E-state index is -0.474. The molecule has 90 valence electrons. The molecule has 0 unspecified atom stereocenters. The quantitative estimate of drug-likeness (QED) is 0.301. The highest BCUT2D eigenvalue weighted by atomic mass is 16.5. The van der Waals surface area contributed by atoms with E-state index in [4.69, 9.17) is 9.47 Å². The third-order valence-corrected chi connectivity index (χ3v) is 1.77. The van der Waals surface area contributed by atoms with Gasteiger partial charge in [-0.1, -0.05) is 0 Å². The highest BCUT2D eigenvalue weighted by Gasteiger charge is 2.03. The number of hydrogen-bond acceptors (Lipinski definition) is 4. The Morgan fingerprint density at radius 2 is 1.56 bits per heavy atom. The summed E-state index contributed by atoms with van der Waals surface area (Å²) in [5.74, 6) is -0.193. The lowest BCUT2D eigenvalue weighted by Crippen LogP contribution is -2.03. The number of ether oxygens (including phenoxy) is 2. The third-order valence-electron chi connectivity index (χ3n) is 1.77. The molecule has 0 aliphatic carbocycles. The van der Waals surface area contributed by atoms with Crippen molar-refractivity contribution in [3.8, 4) is 0 Å². The predicted octanol–water partition coefficient (Wildman–Crippen LogP) is 2.01. The molecule has 0 bridgehead atoms. The van der Waals surface area contributed by atoms with Gasteiger partial charge in [0.25, 0.3) is 0 Å². The molecule has 0 heterocycles. The van der Waals surface area contributed by atoms with Crippen LogP contribution in [0.1, 0.15) is 27.7 Å². The monoisotopic (exact) mass is 226 g/mol. The molecule has 0 amide bonds. The fourth-order valence-corrected chi connectivity index (χ4v) is 0.907. The number of carbonyl (C=O) groups excluding carboxylic acids is 2. The highest BCUT2D eigenvalue weighted by molar-refractivity contribution is 5.93. The van der Waals surface area contributed by atoms with Gasteiger partial charge in [-0.05, 0) is 39.3 Å². The summed E-state index contributed by atoms with van der Waals surface area (Å²) >= 11 is 0.